The van der Waals surface area contributed by atoms with Crippen molar-refractivity contribution >= 4 is 21.9 Å². The zero-order chi connectivity index (χ0) is 17.4. The minimum atomic E-state index is -0.806. The molecule has 126 valence electrons. The van der Waals surface area contributed by atoms with Crippen LogP contribution in [0.3, 0.4) is 0 Å². The third-order valence-corrected chi connectivity index (χ3v) is 4.35. The van der Waals surface area contributed by atoms with Gasteiger partial charge in [0.05, 0.1) is 26.9 Å². The fourth-order valence-corrected chi connectivity index (χ4v) is 3.20. The summed E-state index contributed by atoms with van der Waals surface area (Å²) < 4.78 is 22.1. The number of carbonyl (C=O) groups excluding carboxylic acids is 1. The number of aromatic hydroxyl groups is 1. The predicted octanol–water partition coefficient (Wildman–Crippen LogP) is 3.44. The number of rotatable bonds is 4. The van der Waals surface area contributed by atoms with Gasteiger partial charge in [0.15, 0.2) is 17.6 Å². The molecule has 0 saturated carbocycles. The molecule has 1 aliphatic heterocycles. The number of hydrogen-bond acceptors (Lipinski definition) is 6. The highest BCUT2D eigenvalue weighted by Gasteiger charge is 2.40. The van der Waals surface area contributed by atoms with Gasteiger partial charge in [0.2, 0.25) is 0 Å². The lowest BCUT2D eigenvalue weighted by Crippen LogP contribution is -2.03. The number of ether oxygens (including phenoxy) is 4. The summed E-state index contributed by atoms with van der Waals surface area (Å²) in [4.78, 5) is 12.4. The number of halogens is 1. The van der Waals surface area contributed by atoms with Gasteiger partial charge in [-0.05, 0) is 18.2 Å². The number of phenolic OH excluding ortho intramolecular Hbond substituents is 1. The van der Waals surface area contributed by atoms with E-state index < -0.39 is 12.1 Å². The number of methoxy groups -OCH3 is 3. The molecule has 0 saturated heterocycles. The first-order chi connectivity index (χ1) is 11.5. The SMILES string of the molecule is COc1ccc(Br)cc1C1OC(=O)c2c(OC)c(OC)cc(O)c21. The molecule has 0 amide bonds. The minimum Gasteiger partial charge on any atom is -0.507 e. The quantitative estimate of drug-likeness (QED) is 0.800. The lowest BCUT2D eigenvalue weighted by atomic mass is 9.96. The van der Waals surface area contributed by atoms with Crippen LogP contribution in [0.25, 0.3) is 0 Å². The molecule has 1 N–H and O–H groups in total. The first-order valence-corrected chi connectivity index (χ1v) is 7.83. The molecule has 1 aliphatic rings. The topological polar surface area (TPSA) is 74.2 Å². The van der Waals surface area contributed by atoms with Gasteiger partial charge < -0.3 is 24.1 Å². The van der Waals surface area contributed by atoms with Crippen LogP contribution in [0.1, 0.15) is 27.6 Å². The molecule has 1 atom stereocenters. The van der Waals surface area contributed by atoms with Crippen LogP contribution >= 0.6 is 15.9 Å². The third-order valence-electron chi connectivity index (χ3n) is 3.85. The Morgan fingerprint density at radius 1 is 1.08 bits per heavy atom. The van der Waals surface area contributed by atoms with Gasteiger partial charge in [-0.2, -0.15) is 0 Å². The maximum atomic E-state index is 12.4. The van der Waals surface area contributed by atoms with Gasteiger partial charge in [0.1, 0.15) is 17.1 Å². The smallest absolute Gasteiger partial charge is 0.343 e. The monoisotopic (exact) mass is 394 g/mol. The summed E-state index contributed by atoms with van der Waals surface area (Å²) in [7, 11) is 4.38. The molecule has 0 radical (unpaired) electrons. The fourth-order valence-electron chi connectivity index (χ4n) is 2.82. The van der Waals surface area contributed by atoms with Crippen molar-refractivity contribution in [2.75, 3.05) is 21.3 Å². The summed E-state index contributed by atoms with van der Waals surface area (Å²) in [5.41, 5.74) is 1.09. The summed E-state index contributed by atoms with van der Waals surface area (Å²) >= 11 is 3.39. The fraction of sp³-hybridized carbons (Fsp3) is 0.235. The van der Waals surface area contributed by atoms with Gasteiger partial charge in [-0.15, -0.1) is 0 Å². The minimum absolute atomic E-state index is 0.111. The van der Waals surface area contributed by atoms with Crippen LogP contribution in [0.4, 0.5) is 0 Å². The maximum Gasteiger partial charge on any atom is 0.343 e. The molecule has 1 heterocycles. The Bertz CT molecular complexity index is 817. The van der Waals surface area contributed by atoms with E-state index in [-0.39, 0.29) is 22.8 Å². The van der Waals surface area contributed by atoms with Gasteiger partial charge in [0, 0.05) is 16.1 Å². The first kappa shape index (κ1) is 16.4. The summed E-state index contributed by atoms with van der Waals surface area (Å²) in [5, 5.41) is 10.4. The first-order valence-electron chi connectivity index (χ1n) is 7.04. The van der Waals surface area contributed by atoms with E-state index in [0.29, 0.717) is 16.9 Å². The van der Waals surface area contributed by atoms with Gasteiger partial charge in [-0.1, -0.05) is 15.9 Å². The van der Waals surface area contributed by atoms with Crippen molar-refractivity contribution in [2.45, 2.75) is 6.10 Å². The molecule has 0 bridgehead atoms. The summed E-state index contributed by atoms with van der Waals surface area (Å²) in [6.07, 6.45) is -0.806. The number of cyclic esters (lactones) is 1. The number of benzene rings is 2. The molecule has 24 heavy (non-hydrogen) atoms. The second-order valence-electron chi connectivity index (χ2n) is 5.09. The van der Waals surface area contributed by atoms with Crippen molar-refractivity contribution in [2.24, 2.45) is 0 Å². The van der Waals surface area contributed by atoms with Crippen LogP contribution in [-0.2, 0) is 4.74 Å². The number of fused-ring (bicyclic) bond motifs is 1. The Kier molecular flexibility index (Phi) is 4.28. The standard InChI is InChI=1S/C17H15BrO6/c1-21-11-5-4-8(18)6-9(11)15-13-10(19)7-12(22-2)16(23-3)14(13)17(20)24-15/h4-7,15,19H,1-3H3. The van der Waals surface area contributed by atoms with Crippen molar-refractivity contribution in [3.63, 3.8) is 0 Å². The second kappa shape index (κ2) is 6.24. The van der Waals surface area contributed by atoms with Gasteiger partial charge in [0.25, 0.3) is 0 Å². The van der Waals surface area contributed by atoms with E-state index in [1.807, 2.05) is 6.07 Å². The summed E-state index contributed by atoms with van der Waals surface area (Å²) in [6.45, 7) is 0. The molecule has 7 heteroatoms. The third kappa shape index (κ3) is 2.45. The zero-order valence-electron chi connectivity index (χ0n) is 13.3. The second-order valence-corrected chi connectivity index (χ2v) is 6.01. The molecule has 1 unspecified atom stereocenters. The van der Waals surface area contributed by atoms with E-state index in [9.17, 15) is 9.90 Å². The van der Waals surface area contributed by atoms with Crippen molar-refractivity contribution in [1.82, 2.24) is 0 Å². The molecular weight excluding hydrogens is 380 g/mol. The lowest BCUT2D eigenvalue weighted by Gasteiger charge is -2.17. The molecule has 6 nitrogen and oxygen atoms in total. The Morgan fingerprint density at radius 3 is 2.42 bits per heavy atom. The van der Waals surface area contributed by atoms with Crippen LogP contribution in [0, 0.1) is 0 Å². The van der Waals surface area contributed by atoms with Crippen LogP contribution in [-0.4, -0.2) is 32.4 Å². The molecule has 0 spiro atoms. The Labute approximate surface area is 147 Å². The Balaban J connectivity index is 2.25. The van der Waals surface area contributed by atoms with Crippen LogP contribution in [0.2, 0.25) is 0 Å². The highest BCUT2D eigenvalue weighted by Crippen LogP contribution is 2.50. The predicted molar refractivity (Wildman–Crippen MR) is 89.2 cm³/mol. The number of phenols is 1. The molecular formula is C17H15BrO6. The molecule has 0 aromatic heterocycles. The van der Waals surface area contributed by atoms with Crippen molar-refractivity contribution < 1.29 is 28.8 Å². The Morgan fingerprint density at radius 2 is 1.79 bits per heavy atom. The van der Waals surface area contributed by atoms with Gasteiger partial charge in [-0.25, -0.2) is 4.79 Å². The van der Waals surface area contributed by atoms with Gasteiger partial charge in [-0.3, -0.25) is 0 Å². The average Bonchev–Trinajstić information content (AvgIpc) is 2.92. The highest BCUT2D eigenvalue weighted by molar-refractivity contribution is 9.10. The lowest BCUT2D eigenvalue weighted by molar-refractivity contribution is 0.0449. The van der Waals surface area contributed by atoms with Crippen LogP contribution in [0.5, 0.6) is 23.0 Å². The highest BCUT2D eigenvalue weighted by atomic mass is 79.9. The van der Waals surface area contributed by atoms with E-state index in [2.05, 4.69) is 15.9 Å². The number of hydrogen-bond donors (Lipinski definition) is 1. The molecule has 0 fully saturated rings. The average molecular weight is 395 g/mol. The van der Waals surface area contributed by atoms with Crippen molar-refractivity contribution in [3.05, 3.63) is 45.4 Å². The molecule has 2 aromatic carbocycles. The van der Waals surface area contributed by atoms with E-state index in [1.54, 1.807) is 12.1 Å². The maximum absolute atomic E-state index is 12.4. The van der Waals surface area contributed by atoms with Crippen LogP contribution in [0.15, 0.2) is 28.7 Å². The van der Waals surface area contributed by atoms with E-state index in [0.717, 1.165) is 4.47 Å². The van der Waals surface area contributed by atoms with E-state index in [4.69, 9.17) is 18.9 Å². The molecule has 0 aliphatic carbocycles. The van der Waals surface area contributed by atoms with Crippen LogP contribution < -0.4 is 14.2 Å². The van der Waals surface area contributed by atoms with Crippen molar-refractivity contribution in [1.29, 1.82) is 0 Å². The number of esters is 1. The summed E-state index contributed by atoms with van der Waals surface area (Å²) in [5.74, 6) is 0.320. The normalized spacial score (nSPS) is 15.7. The Hall–Kier alpha value is -2.41. The zero-order valence-corrected chi connectivity index (χ0v) is 14.8. The van der Waals surface area contributed by atoms with E-state index in [1.165, 1.54) is 27.4 Å². The molecule has 2 aromatic rings. The molecule has 3 rings (SSSR count). The van der Waals surface area contributed by atoms with Gasteiger partial charge >= 0.3 is 5.97 Å². The number of carbonyl (C=O) groups is 1. The largest absolute Gasteiger partial charge is 0.507 e. The van der Waals surface area contributed by atoms with Crippen molar-refractivity contribution in [3.8, 4) is 23.0 Å². The van der Waals surface area contributed by atoms with E-state index >= 15 is 0 Å². The summed E-state index contributed by atoms with van der Waals surface area (Å²) in [6, 6.07) is 6.75.